The first-order chi connectivity index (χ1) is 6.49. The lowest BCUT2D eigenvalue weighted by atomic mass is 9.80. The Hall–Kier alpha value is -0.0400. The molecule has 2 N–H and O–H groups in total. The maximum Gasteiger partial charge on any atom is 0.00673 e. The number of rotatable bonds is 3. The highest BCUT2D eigenvalue weighted by Crippen LogP contribution is 2.29. The minimum Gasteiger partial charge on any atom is -0.327 e. The first kappa shape index (κ1) is 12.0. The highest BCUT2D eigenvalue weighted by molar-refractivity contribution is 4.78. The van der Waals surface area contributed by atoms with Crippen molar-refractivity contribution >= 4 is 0 Å². The number of hydrogen-bond donors (Lipinski definition) is 1. The van der Waals surface area contributed by atoms with Crippen molar-refractivity contribution in [3.05, 3.63) is 0 Å². The van der Waals surface area contributed by atoms with Gasteiger partial charge in [0.1, 0.15) is 0 Å². The molecule has 0 radical (unpaired) electrons. The summed E-state index contributed by atoms with van der Waals surface area (Å²) < 4.78 is 0. The molecule has 1 rings (SSSR count). The van der Waals surface area contributed by atoms with Crippen molar-refractivity contribution < 1.29 is 0 Å². The second kappa shape index (κ2) is 5.16. The van der Waals surface area contributed by atoms with E-state index in [-0.39, 0.29) is 0 Å². The van der Waals surface area contributed by atoms with Crippen molar-refractivity contribution in [2.45, 2.75) is 71.8 Å². The summed E-state index contributed by atoms with van der Waals surface area (Å²) >= 11 is 0. The fourth-order valence-electron chi connectivity index (χ4n) is 2.40. The summed E-state index contributed by atoms with van der Waals surface area (Å²) in [4.78, 5) is 0. The average molecular weight is 197 g/mol. The van der Waals surface area contributed by atoms with Crippen LogP contribution in [0.4, 0.5) is 0 Å². The van der Waals surface area contributed by atoms with Gasteiger partial charge in [0.2, 0.25) is 0 Å². The zero-order valence-electron chi connectivity index (χ0n) is 10.2. The van der Waals surface area contributed by atoms with Crippen LogP contribution in [0.25, 0.3) is 0 Å². The van der Waals surface area contributed by atoms with E-state index in [4.69, 9.17) is 5.73 Å². The second-order valence-electron chi connectivity index (χ2n) is 6.16. The number of hydrogen-bond acceptors (Lipinski definition) is 1. The van der Waals surface area contributed by atoms with Crippen LogP contribution in [0.15, 0.2) is 0 Å². The molecule has 0 saturated heterocycles. The summed E-state index contributed by atoms with van der Waals surface area (Å²) in [5.74, 6) is 0.825. The Balaban J connectivity index is 2.23. The van der Waals surface area contributed by atoms with Gasteiger partial charge >= 0.3 is 0 Å². The second-order valence-corrected chi connectivity index (χ2v) is 6.16. The predicted molar refractivity (Wildman–Crippen MR) is 63.2 cm³/mol. The number of nitrogens with two attached hydrogens (primary N) is 1. The molecule has 84 valence electrons. The minimum absolute atomic E-state index is 0.451. The summed E-state index contributed by atoms with van der Waals surface area (Å²) in [5, 5.41) is 0. The topological polar surface area (TPSA) is 26.0 Å². The van der Waals surface area contributed by atoms with Crippen molar-refractivity contribution in [1.29, 1.82) is 0 Å². The van der Waals surface area contributed by atoms with Gasteiger partial charge in [0.15, 0.2) is 0 Å². The maximum atomic E-state index is 6.26. The molecule has 0 aromatic carbocycles. The van der Waals surface area contributed by atoms with Crippen LogP contribution in [-0.2, 0) is 0 Å². The molecule has 1 fully saturated rings. The van der Waals surface area contributed by atoms with Crippen molar-refractivity contribution in [2.75, 3.05) is 0 Å². The molecule has 0 aromatic rings. The lowest BCUT2D eigenvalue weighted by Crippen LogP contribution is -2.32. The molecule has 1 atom stereocenters. The van der Waals surface area contributed by atoms with Crippen LogP contribution in [0, 0.1) is 11.3 Å². The maximum absolute atomic E-state index is 6.26. The van der Waals surface area contributed by atoms with Crippen LogP contribution in [0.5, 0.6) is 0 Å². The molecule has 0 heterocycles. The smallest absolute Gasteiger partial charge is 0.00673 e. The fourth-order valence-corrected chi connectivity index (χ4v) is 2.40. The molecule has 1 saturated carbocycles. The molecule has 1 heteroatoms. The third-order valence-electron chi connectivity index (χ3n) is 3.48. The highest BCUT2D eigenvalue weighted by Gasteiger charge is 2.22. The SMILES string of the molecule is CC(C)(C)CCC(N)C1CCCCC1. The van der Waals surface area contributed by atoms with Gasteiger partial charge in [0.25, 0.3) is 0 Å². The van der Waals surface area contributed by atoms with E-state index < -0.39 is 0 Å². The average Bonchev–Trinajstić information content (AvgIpc) is 2.14. The third-order valence-corrected chi connectivity index (χ3v) is 3.48. The molecule has 1 aliphatic rings. The zero-order valence-corrected chi connectivity index (χ0v) is 10.2. The molecule has 1 nitrogen and oxygen atoms in total. The van der Waals surface area contributed by atoms with E-state index in [0.717, 1.165) is 5.92 Å². The van der Waals surface area contributed by atoms with E-state index in [0.29, 0.717) is 11.5 Å². The van der Waals surface area contributed by atoms with Crippen LogP contribution in [0.2, 0.25) is 0 Å². The van der Waals surface area contributed by atoms with Gasteiger partial charge in [-0.25, -0.2) is 0 Å². The molecular formula is C13H27N. The molecular weight excluding hydrogens is 170 g/mol. The van der Waals surface area contributed by atoms with Crippen molar-refractivity contribution in [3.8, 4) is 0 Å². The van der Waals surface area contributed by atoms with Gasteiger partial charge in [0, 0.05) is 6.04 Å². The Morgan fingerprint density at radius 1 is 1.14 bits per heavy atom. The van der Waals surface area contributed by atoms with Gasteiger partial charge in [0.05, 0.1) is 0 Å². The molecule has 1 aliphatic carbocycles. The predicted octanol–water partition coefficient (Wildman–Crippen LogP) is 3.72. The van der Waals surface area contributed by atoms with E-state index in [1.807, 2.05) is 0 Å². The van der Waals surface area contributed by atoms with Gasteiger partial charge < -0.3 is 5.73 Å². The Bertz CT molecular complexity index is 151. The lowest BCUT2D eigenvalue weighted by Gasteiger charge is -2.29. The molecule has 0 aliphatic heterocycles. The van der Waals surface area contributed by atoms with Crippen LogP contribution < -0.4 is 5.73 Å². The normalized spacial score (nSPS) is 22.3. The van der Waals surface area contributed by atoms with Crippen LogP contribution in [-0.4, -0.2) is 6.04 Å². The van der Waals surface area contributed by atoms with Crippen molar-refractivity contribution in [1.82, 2.24) is 0 Å². The zero-order chi connectivity index (χ0) is 10.6. The van der Waals surface area contributed by atoms with Gasteiger partial charge in [-0.05, 0) is 37.0 Å². The first-order valence-corrected chi connectivity index (χ1v) is 6.24. The monoisotopic (exact) mass is 197 g/mol. The van der Waals surface area contributed by atoms with E-state index in [1.165, 1.54) is 44.9 Å². The lowest BCUT2D eigenvalue weighted by molar-refractivity contribution is 0.262. The summed E-state index contributed by atoms with van der Waals surface area (Å²) in [7, 11) is 0. The standard InChI is InChI=1S/C13H27N/c1-13(2,3)10-9-12(14)11-7-5-4-6-8-11/h11-12H,4-10,14H2,1-3H3. The van der Waals surface area contributed by atoms with Crippen molar-refractivity contribution in [3.63, 3.8) is 0 Å². The minimum atomic E-state index is 0.451. The van der Waals surface area contributed by atoms with Gasteiger partial charge in [-0.3, -0.25) is 0 Å². The Kier molecular flexibility index (Phi) is 4.43. The first-order valence-electron chi connectivity index (χ1n) is 6.24. The van der Waals surface area contributed by atoms with Gasteiger partial charge in [-0.15, -0.1) is 0 Å². The molecule has 1 unspecified atom stereocenters. The summed E-state index contributed by atoms with van der Waals surface area (Å²) in [6.45, 7) is 6.92. The Labute approximate surface area is 89.5 Å². The third kappa shape index (κ3) is 4.45. The van der Waals surface area contributed by atoms with E-state index in [2.05, 4.69) is 20.8 Å². The van der Waals surface area contributed by atoms with Crippen LogP contribution >= 0.6 is 0 Å². The summed E-state index contributed by atoms with van der Waals surface area (Å²) in [5.41, 5.74) is 6.71. The van der Waals surface area contributed by atoms with E-state index in [9.17, 15) is 0 Å². The fraction of sp³-hybridized carbons (Fsp3) is 1.00. The molecule has 0 spiro atoms. The summed E-state index contributed by atoms with van der Waals surface area (Å²) in [6.07, 6.45) is 9.50. The quantitative estimate of drug-likeness (QED) is 0.733. The molecule has 0 bridgehead atoms. The molecule has 0 aromatic heterocycles. The van der Waals surface area contributed by atoms with Crippen LogP contribution in [0.1, 0.15) is 65.7 Å². The summed E-state index contributed by atoms with van der Waals surface area (Å²) in [6, 6.07) is 0.467. The van der Waals surface area contributed by atoms with Crippen LogP contribution in [0.3, 0.4) is 0 Å². The van der Waals surface area contributed by atoms with Gasteiger partial charge in [-0.2, -0.15) is 0 Å². The molecule has 0 amide bonds. The largest absolute Gasteiger partial charge is 0.327 e. The van der Waals surface area contributed by atoms with E-state index in [1.54, 1.807) is 0 Å². The molecule has 14 heavy (non-hydrogen) atoms. The van der Waals surface area contributed by atoms with Crippen molar-refractivity contribution in [2.24, 2.45) is 17.1 Å². The highest BCUT2D eigenvalue weighted by atomic mass is 14.6. The van der Waals surface area contributed by atoms with E-state index >= 15 is 0 Å². The Morgan fingerprint density at radius 2 is 1.71 bits per heavy atom. The Morgan fingerprint density at radius 3 is 2.21 bits per heavy atom. The van der Waals surface area contributed by atoms with Gasteiger partial charge in [-0.1, -0.05) is 40.0 Å².